The normalized spacial score (nSPS) is 32.2. The summed E-state index contributed by atoms with van der Waals surface area (Å²) in [6, 6.07) is 0.0475. The molecule has 0 heterocycles. The Morgan fingerprint density at radius 3 is 2.50 bits per heavy atom. The fourth-order valence-corrected chi connectivity index (χ4v) is 1.56. The van der Waals surface area contributed by atoms with Crippen LogP contribution in [0.25, 0.3) is 0 Å². The van der Waals surface area contributed by atoms with Crippen LogP contribution in [0.4, 0.5) is 0 Å². The van der Waals surface area contributed by atoms with Gasteiger partial charge in [-0.25, -0.2) is 13.1 Å². The molecule has 1 rings (SSSR count). The van der Waals surface area contributed by atoms with E-state index in [0.29, 0.717) is 0 Å². The Balaban J connectivity index is 2.39. The molecule has 2 unspecified atom stereocenters. The number of nitrogens with two attached hydrogens (primary N) is 1. The molecule has 1 saturated carbocycles. The van der Waals surface area contributed by atoms with E-state index in [1.54, 1.807) is 6.92 Å². The van der Waals surface area contributed by atoms with E-state index in [9.17, 15) is 8.42 Å². The van der Waals surface area contributed by atoms with Crippen molar-refractivity contribution < 1.29 is 8.42 Å². The Morgan fingerprint density at radius 1 is 1.70 bits per heavy atom. The Hall–Kier alpha value is -0.130. The van der Waals surface area contributed by atoms with Crippen LogP contribution in [-0.4, -0.2) is 26.3 Å². The Bertz CT molecular complexity index is 212. The molecule has 1 fully saturated rings. The van der Waals surface area contributed by atoms with E-state index in [4.69, 9.17) is 5.73 Å². The first-order valence-electron chi connectivity index (χ1n) is 3.31. The summed E-state index contributed by atoms with van der Waals surface area (Å²) in [5, 5.41) is 0. The van der Waals surface area contributed by atoms with Crippen LogP contribution in [0.15, 0.2) is 0 Å². The highest BCUT2D eigenvalue weighted by molar-refractivity contribution is 7.89. The molecule has 0 spiro atoms. The standard InChI is InChI=1S/C5H12N2O2S/c1-2-10(8,9)7-5-3-4(5)6/h4-5,7H,2-3,6H2,1H3. The fraction of sp³-hybridized carbons (Fsp3) is 1.00. The average Bonchev–Trinajstić information content (AvgIpc) is 2.46. The third-order valence-corrected chi connectivity index (χ3v) is 2.97. The van der Waals surface area contributed by atoms with Crippen molar-refractivity contribution in [3.63, 3.8) is 0 Å². The quantitative estimate of drug-likeness (QED) is 0.563. The number of hydrogen-bond acceptors (Lipinski definition) is 3. The number of hydrogen-bond donors (Lipinski definition) is 2. The molecule has 4 nitrogen and oxygen atoms in total. The summed E-state index contributed by atoms with van der Waals surface area (Å²) < 4.78 is 24.1. The third-order valence-electron chi connectivity index (χ3n) is 1.55. The molecule has 2 atom stereocenters. The van der Waals surface area contributed by atoms with Crippen molar-refractivity contribution in [1.82, 2.24) is 4.72 Å². The second-order valence-corrected chi connectivity index (χ2v) is 4.57. The van der Waals surface area contributed by atoms with Crippen molar-refractivity contribution in [1.29, 1.82) is 0 Å². The predicted octanol–water partition coefficient (Wildman–Crippen LogP) is -0.975. The van der Waals surface area contributed by atoms with Gasteiger partial charge < -0.3 is 5.73 Å². The smallest absolute Gasteiger partial charge is 0.211 e. The first-order chi connectivity index (χ1) is 4.55. The molecule has 0 aliphatic heterocycles. The van der Waals surface area contributed by atoms with Crippen LogP contribution in [-0.2, 0) is 10.0 Å². The topological polar surface area (TPSA) is 72.2 Å². The predicted molar refractivity (Wildman–Crippen MR) is 39.0 cm³/mol. The van der Waals surface area contributed by atoms with Crippen LogP contribution in [0.3, 0.4) is 0 Å². The molecular weight excluding hydrogens is 152 g/mol. The fourth-order valence-electron chi connectivity index (χ4n) is 0.664. The van der Waals surface area contributed by atoms with Crippen LogP contribution >= 0.6 is 0 Å². The second-order valence-electron chi connectivity index (χ2n) is 2.53. The van der Waals surface area contributed by atoms with E-state index >= 15 is 0 Å². The van der Waals surface area contributed by atoms with E-state index in [1.165, 1.54) is 0 Å². The number of sulfonamides is 1. The average molecular weight is 164 g/mol. The molecule has 10 heavy (non-hydrogen) atoms. The SMILES string of the molecule is CCS(=O)(=O)NC1CC1N. The molecule has 0 bridgehead atoms. The van der Waals surface area contributed by atoms with E-state index in [-0.39, 0.29) is 17.8 Å². The minimum Gasteiger partial charge on any atom is -0.326 e. The molecule has 1 aliphatic carbocycles. The summed E-state index contributed by atoms with van der Waals surface area (Å²) in [5.41, 5.74) is 5.40. The molecule has 3 N–H and O–H groups in total. The van der Waals surface area contributed by atoms with Gasteiger partial charge in [0.05, 0.1) is 5.75 Å². The summed E-state index contributed by atoms with van der Waals surface area (Å²) in [5.74, 6) is 0.135. The largest absolute Gasteiger partial charge is 0.326 e. The van der Waals surface area contributed by atoms with Crippen LogP contribution < -0.4 is 10.5 Å². The van der Waals surface area contributed by atoms with Gasteiger partial charge in [-0.1, -0.05) is 0 Å². The van der Waals surface area contributed by atoms with Gasteiger partial charge >= 0.3 is 0 Å². The molecular formula is C5H12N2O2S. The second kappa shape index (κ2) is 2.48. The monoisotopic (exact) mass is 164 g/mol. The van der Waals surface area contributed by atoms with Crippen LogP contribution in [0.2, 0.25) is 0 Å². The number of rotatable bonds is 3. The molecule has 0 radical (unpaired) electrons. The van der Waals surface area contributed by atoms with Gasteiger partial charge in [-0.3, -0.25) is 0 Å². The molecule has 1 aliphatic rings. The highest BCUT2D eigenvalue weighted by Gasteiger charge is 2.36. The van der Waals surface area contributed by atoms with Gasteiger partial charge in [0.15, 0.2) is 0 Å². The lowest BCUT2D eigenvalue weighted by Gasteiger charge is -2.00. The van der Waals surface area contributed by atoms with E-state index in [1.807, 2.05) is 0 Å². The molecule has 0 aromatic rings. The molecule has 5 heteroatoms. The van der Waals surface area contributed by atoms with Gasteiger partial charge in [-0.2, -0.15) is 0 Å². The van der Waals surface area contributed by atoms with Crippen molar-refractivity contribution >= 4 is 10.0 Å². The van der Waals surface area contributed by atoms with Crippen LogP contribution in [0.1, 0.15) is 13.3 Å². The molecule has 0 aromatic carbocycles. The van der Waals surface area contributed by atoms with Gasteiger partial charge in [0, 0.05) is 12.1 Å². The van der Waals surface area contributed by atoms with Crippen molar-refractivity contribution in [3.05, 3.63) is 0 Å². The van der Waals surface area contributed by atoms with E-state index in [0.717, 1.165) is 6.42 Å². The van der Waals surface area contributed by atoms with Crippen LogP contribution in [0, 0.1) is 0 Å². The van der Waals surface area contributed by atoms with Crippen LogP contribution in [0.5, 0.6) is 0 Å². The summed E-state index contributed by atoms with van der Waals surface area (Å²) in [6.07, 6.45) is 0.777. The first kappa shape index (κ1) is 7.97. The maximum absolute atomic E-state index is 10.8. The highest BCUT2D eigenvalue weighted by atomic mass is 32.2. The zero-order chi connectivity index (χ0) is 7.78. The summed E-state index contributed by atoms with van der Waals surface area (Å²) in [4.78, 5) is 0. The van der Waals surface area contributed by atoms with Gasteiger partial charge in [0.25, 0.3) is 0 Å². The molecule has 0 aromatic heterocycles. The van der Waals surface area contributed by atoms with Crippen molar-refractivity contribution in [2.75, 3.05) is 5.75 Å². The maximum atomic E-state index is 10.8. The Morgan fingerprint density at radius 2 is 2.20 bits per heavy atom. The lowest BCUT2D eigenvalue weighted by Crippen LogP contribution is -2.30. The lowest BCUT2D eigenvalue weighted by atomic mass is 10.7. The van der Waals surface area contributed by atoms with Gasteiger partial charge in [0.1, 0.15) is 0 Å². The minimum absolute atomic E-state index is 0.00458. The first-order valence-corrected chi connectivity index (χ1v) is 4.96. The Kier molecular flexibility index (Phi) is 1.98. The van der Waals surface area contributed by atoms with E-state index in [2.05, 4.69) is 4.72 Å². The zero-order valence-corrected chi connectivity index (χ0v) is 6.69. The van der Waals surface area contributed by atoms with Crippen molar-refractivity contribution in [3.8, 4) is 0 Å². The van der Waals surface area contributed by atoms with E-state index < -0.39 is 10.0 Å². The van der Waals surface area contributed by atoms with Gasteiger partial charge in [0.2, 0.25) is 10.0 Å². The molecule has 0 saturated heterocycles. The van der Waals surface area contributed by atoms with Crippen molar-refractivity contribution in [2.24, 2.45) is 5.73 Å². The highest BCUT2D eigenvalue weighted by Crippen LogP contribution is 2.18. The minimum atomic E-state index is -3.02. The zero-order valence-electron chi connectivity index (χ0n) is 5.87. The van der Waals surface area contributed by atoms with Gasteiger partial charge in [-0.05, 0) is 13.3 Å². The Labute approximate surface area is 60.8 Å². The van der Waals surface area contributed by atoms with Crippen molar-refractivity contribution in [2.45, 2.75) is 25.4 Å². The summed E-state index contributed by atoms with van der Waals surface area (Å²) >= 11 is 0. The van der Waals surface area contributed by atoms with Gasteiger partial charge in [-0.15, -0.1) is 0 Å². The molecule has 0 amide bonds. The number of nitrogens with one attached hydrogen (secondary N) is 1. The molecule has 60 valence electrons. The maximum Gasteiger partial charge on any atom is 0.211 e. The summed E-state index contributed by atoms with van der Waals surface area (Å²) in [6.45, 7) is 1.61. The summed E-state index contributed by atoms with van der Waals surface area (Å²) in [7, 11) is -3.02. The lowest BCUT2D eigenvalue weighted by molar-refractivity contribution is 0.581. The third kappa shape index (κ3) is 1.93.